The van der Waals surface area contributed by atoms with Crippen LogP contribution in [-0.4, -0.2) is 40.7 Å². The maximum absolute atomic E-state index is 13.3. The number of hydrogen-bond donors (Lipinski definition) is 1. The van der Waals surface area contributed by atoms with Crippen molar-refractivity contribution >= 4 is 52.9 Å². The molecule has 4 nitrogen and oxygen atoms in total. The minimum atomic E-state index is -0.854. The Labute approximate surface area is 184 Å². The van der Waals surface area contributed by atoms with Gasteiger partial charge in [0, 0.05) is 39.4 Å². The third-order valence-electron chi connectivity index (χ3n) is 4.76. The van der Waals surface area contributed by atoms with Crippen molar-refractivity contribution in [1.29, 1.82) is 0 Å². The van der Waals surface area contributed by atoms with Crippen LogP contribution in [-0.2, 0) is 9.59 Å². The largest absolute Gasteiger partial charge is 0.481 e. The fraction of sp³-hybridized carbons (Fsp3) is 0.273. The van der Waals surface area contributed by atoms with Crippen LogP contribution in [0, 0.1) is 5.92 Å². The van der Waals surface area contributed by atoms with Gasteiger partial charge in [-0.15, -0.1) is 11.8 Å². The fourth-order valence-corrected chi connectivity index (χ4v) is 4.56. The molecule has 7 heteroatoms. The highest BCUT2D eigenvalue weighted by molar-refractivity contribution is 7.99. The summed E-state index contributed by atoms with van der Waals surface area (Å²) >= 11 is 13.8. The summed E-state index contributed by atoms with van der Waals surface area (Å²) in [5.41, 5.74) is 1.29. The summed E-state index contributed by atoms with van der Waals surface area (Å²) in [4.78, 5) is 27.3. The molecule has 1 saturated heterocycles. The minimum absolute atomic E-state index is 0.148. The number of halogens is 2. The zero-order chi connectivity index (χ0) is 20.8. The number of amides is 1. The van der Waals surface area contributed by atoms with E-state index in [2.05, 4.69) is 0 Å². The number of carbonyl (C=O) groups excluding carboxylic acids is 1. The van der Waals surface area contributed by atoms with Gasteiger partial charge in [0.15, 0.2) is 0 Å². The van der Waals surface area contributed by atoms with E-state index in [0.717, 1.165) is 4.90 Å². The molecule has 0 aliphatic carbocycles. The van der Waals surface area contributed by atoms with Crippen LogP contribution in [0.4, 0.5) is 0 Å². The van der Waals surface area contributed by atoms with Gasteiger partial charge in [0.1, 0.15) is 0 Å². The molecule has 1 aliphatic heterocycles. The van der Waals surface area contributed by atoms with Gasteiger partial charge in [-0.05, 0) is 48.7 Å². The van der Waals surface area contributed by atoms with E-state index in [1.54, 1.807) is 40.9 Å². The lowest BCUT2D eigenvalue weighted by Crippen LogP contribution is -2.43. The quantitative estimate of drug-likeness (QED) is 0.467. The Kier molecular flexibility index (Phi) is 7.64. The second-order valence-corrected chi connectivity index (χ2v) is 8.76. The van der Waals surface area contributed by atoms with Crippen molar-refractivity contribution in [2.75, 3.05) is 18.8 Å². The van der Waals surface area contributed by atoms with E-state index in [0.29, 0.717) is 46.3 Å². The van der Waals surface area contributed by atoms with Gasteiger partial charge in [-0.3, -0.25) is 9.59 Å². The van der Waals surface area contributed by atoms with Crippen LogP contribution in [0.15, 0.2) is 59.0 Å². The Bertz CT molecular complexity index is 918. The van der Waals surface area contributed by atoms with Gasteiger partial charge in [0.25, 0.3) is 5.91 Å². The first-order chi connectivity index (χ1) is 13.9. The molecule has 152 valence electrons. The standard InChI is InChI=1S/C22H21Cl2NO3S/c23-18-9-8-15(20(24)12-18)11-17(14-29-19-6-2-1-3-7-19)21(26)25-10-4-5-16(13-25)22(27)28/h1-3,6-9,11-12,16H,4-5,10,13-14H2,(H,27,28)/b17-11+. The lowest BCUT2D eigenvalue weighted by Gasteiger charge is -2.31. The van der Waals surface area contributed by atoms with E-state index in [1.165, 1.54) is 0 Å². The number of thioether (sulfide) groups is 1. The normalized spacial score (nSPS) is 17.2. The van der Waals surface area contributed by atoms with Crippen LogP contribution in [0.5, 0.6) is 0 Å². The van der Waals surface area contributed by atoms with Gasteiger partial charge in [-0.25, -0.2) is 0 Å². The number of likely N-dealkylation sites (tertiary alicyclic amines) is 1. The van der Waals surface area contributed by atoms with Crippen molar-refractivity contribution in [3.63, 3.8) is 0 Å². The molecule has 1 N–H and O–H groups in total. The van der Waals surface area contributed by atoms with Gasteiger partial charge in [-0.2, -0.15) is 0 Å². The number of rotatable bonds is 6. The highest BCUT2D eigenvalue weighted by atomic mass is 35.5. The van der Waals surface area contributed by atoms with Crippen LogP contribution in [0.2, 0.25) is 10.0 Å². The molecule has 1 aliphatic rings. The van der Waals surface area contributed by atoms with Crippen LogP contribution < -0.4 is 0 Å². The highest BCUT2D eigenvalue weighted by Gasteiger charge is 2.29. The summed E-state index contributed by atoms with van der Waals surface area (Å²) in [6.45, 7) is 0.792. The molecule has 29 heavy (non-hydrogen) atoms. The van der Waals surface area contributed by atoms with E-state index < -0.39 is 11.9 Å². The molecule has 2 aromatic carbocycles. The number of carbonyl (C=O) groups is 2. The Balaban J connectivity index is 1.85. The Morgan fingerprint density at radius 2 is 1.93 bits per heavy atom. The summed E-state index contributed by atoms with van der Waals surface area (Å²) in [6, 6.07) is 15.0. The van der Waals surface area contributed by atoms with Crippen LogP contribution in [0.3, 0.4) is 0 Å². The molecule has 0 radical (unpaired) electrons. The van der Waals surface area contributed by atoms with Crippen molar-refractivity contribution < 1.29 is 14.7 Å². The number of aliphatic carboxylic acids is 1. The van der Waals surface area contributed by atoms with E-state index in [1.807, 2.05) is 30.3 Å². The molecule has 0 spiro atoms. The Morgan fingerprint density at radius 1 is 1.17 bits per heavy atom. The summed E-state index contributed by atoms with van der Waals surface area (Å²) in [7, 11) is 0. The first-order valence-corrected chi connectivity index (χ1v) is 11.0. The molecular weight excluding hydrogens is 429 g/mol. The SMILES string of the molecule is O=C(O)C1CCCN(C(=O)/C(=C/c2ccc(Cl)cc2Cl)CSc2ccccc2)C1. The van der Waals surface area contributed by atoms with Gasteiger partial charge < -0.3 is 10.0 Å². The second-order valence-electron chi connectivity index (χ2n) is 6.87. The van der Waals surface area contributed by atoms with Crippen molar-refractivity contribution in [3.8, 4) is 0 Å². The molecule has 1 amide bonds. The van der Waals surface area contributed by atoms with Crippen molar-refractivity contribution in [2.45, 2.75) is 17.7 Å². The lowest BCUT2D eigenvalue weighted by atomic mass is 9.97. The van der Waals surface area contributed by atoms with Gasteiger partial charge in [-0.1, -0.05) is 47.5 Å². The molecule has 1 atom stereocenters. The first kappa shape index (κ1) is 21.8. The van der Waals surface area contributed by atoms with Crippen molar-refractivity contribution in [2.24, 2.45) is 5.92 Å². The molecule has 1 heterocycles. The molecule has 1 fully saturated rings. The van der Waals surface area contributed by atoms with E-state index in [-0.39, 0.29) is 12.5 Å². The number of nitrogens with zero attached hydrogens (tertiary/aromatic N) is 1. The molecule has 3 rings (SSSR count). The maximum Gasteiger partial charge on any atom is 0.308 e. The number of carboxylic acids is 1. The first-order valence-electron chi connectivity index (χ1n) is 9.29. The smallest absolute Gasteiger partial charge is 0.308 e. The minimum Gasteiger partial charge on any atom is -0.481 e. The topological polar surface area (TPSA) is 57.6 Å². The third-order valence-corrected chi connectivity index (χ3v) is 6.39. The van der Waals surface area contributed by atoms with E-state index in [4.69, 9.17) is 23.2 Å². The molecule has 0 saturated carbocycles. The Morgan fingerprint density at radius 3 is 2.62 bits per heavy atom. The van der Waals surface area contributed by atoms with Crippen molar-refractivity contribution in [1.82, 2.24) is 4.90 Å². The highest BCUT2D eigenvalue weighted by Crippen LogP contribution is 2.28. The summed E-state index contributed by atoms with van der Waals surface area (Å²) in [6.07, 6.45) is 3.06. The number of carboxylic acid groups (broad SMARTS) is 1. The number of benzene rings is 2. The zero-order valence-electron chi connectivity index (χ0n) is 15.7. The van der Waals surface area contributed by atoms with Crippen molar-refractivity contribution in [3.05, 3.63) is 69.7 Å². The molecule has 1 unspecified atom stereocenters. The van der Waals surface area contributed by atoms with Gasteiger partial charge in [0.05, 0.1) is 5.92 Å². The average Bonchev–Trinajstić information content (AvgIpc) is 2.73. The second kappa shape index (κ2) is 10.2. The molecule has 0 aromatic heterocycles. The summed E-state index contributed by atoms with van der Waals surface area (Å²) < 4.78 is 0. The predicted octanol–water partition coefficient (Wildman–Crippen LogP) is 5.49. The zero-order valence-corrected chi connectivity index (χ0v) is 18.0. The van der Waals surface area contributed by atoms with Crippen LogP contribution in [0.1, 0.15) is 18.4 Å². The maximum atomic E-state index is 13.3. The molecular formula is C22H21Cl2NO3S. The van der Waals surface area contributed by atoms with Gasteiger partial charge >= 0.3 is 5.97 Å². The van der Waals surface area contributed by atoms with E-state index >= 15 is 0 Å². The predicted molar refractivity (Wildman–Crippen MR) is 119 cm³/mol. The fourth-order valence-electron chi connectivity index (χ4n) is 3.22. The number of hydrogen-bond acceptors (Lipinski definition) is 3. The molecule has 0 bridgehead atoms. The van der Waals surface area contributed by atoms with Crippen LogP contribution >= 0.6 is 35.0 Å². The van der Waals surface area contributed by atoms with E-state index in [9.17, 15) is 14.7 Å². The summed E-state index contributed by atoms with van der Waals surface area (Å²) in [5, 5.41) is 10.3. The van der Waals surface area contributed by atoms with Gasteiger partial charge in [0.2, 0.25) is 0 Å². The Hall–Kier alpha value is -1.95. The monoisotopic (exact) mass is 449 g/mol. The van der Waals surface area contributed by atoms with Crippen LogP contribution in [0.25, 0.3) is 6.08 Å². The number of piperidine rings is 1. The lowest BCUT2D eigenvalue weighted by molar-refractivity contribution is -0.145. The third kappa shape index (κ3) is 6.01. The summed E-state index contributed by atoms with van der Waals surface area (Å²) in [5.74, 6) is -1.07. The molecule has 2 aromatic rings. The average molecular weight is 450 g/mol.